The zero-order chi connectivity index (χ0) is 26.2. The van der Waals surface area contributed by atoms with Crippen LogP contribution >= 0.6 is 23.2 Å². The molecule has 0 saturated heterocycles. The highest BCUT2D eigenvalue weighted by molar-refractivity contribution is 6.42. The summed E-state index contributed by atoms with van der Waals surface area (Å²) in [7, 11) is 0. The molecular weight excluding hydrogens is 493 g/mol. The fourth-order valence-corrected chi connectivity index (χ4v) is 2.97. The van der Waals surface area contributed by atoms with Gasteiger partial charge in [-0.05, 0) is 65.3 Å². The standard InChI is InChI=1S/C25H31Cl2N3O5/c1-24(2,3)34-22(31)29-21(30-23(32)35-25(4,5)6)28-14-16-10-12-18(13-11-16)33-15-17-8-7-9-19(26)20(17)27/h7-13H,14-15H2,1-6H3,(H2,28,29,30,31,32). The number of benzene rings is 2. The average molecular weight is 524 g/mol. The SMILES string of the molecule is CC(C)(C)OC(=O)N=C(NCc1ccc(OCc2cccc(Cl)c2Cl)cc1)NC(=O)OC(C)(C)C. The van der Waals surface area contributed by atoms with Crippen molar-refractivity contribution >= 4 is 41.3 Å². The third kappa shape index (κ3) is 10.9. The van der Waals surface area contributed by atoms with Crippen LogP contribution in [0.25, 0.3) is 0 Å². The van der Waals surface area contributed by atoms with Crippen molar-refractivity contribution in [2.75, 3.05) is 0 Å². The van der Waals surface area contributed by atoms with E-state index in [4.69, 9.17) is 37.4 Å². The van der Waals surface area contributed by atoms with Gasteiger partial charge >= 0.3 is 12.2 Å². The highest BCUT2D eigenvalue weighted by atomic mass is 35.5. The van der Waals surface area contributed by atoms with Crippen LogP contribution in [-0.2, 0) is 22.6 Å². The van der Waals surface area contributed by atoms with Crippen LogP contribution < -0.4 is 15.4 Å². The highest BCUT2D eigenvalue weighted by Gasteiger charge is 2.20. The maximum atomic E-state index is 12.2. The van der Waals surface area contributed by atoms with Crippen LogP contribution in [0.3, 0.4) is 0 Å². The molecule has 10 heteroatoms. The number of halogens is 2. The summed E-state index contributed by atoms with van der Waals surface area (Å²) in [5.41, 5.74) is 0.178. The van der Waals surface area contributed by atoms with Crippen LogP contribution in [0.5, 0.6) is 5.75 Å². The molecule has 2 rings (SSSR count). The van der Waals surface area contributed by atoms with Crippen molar-refractivity contribution in [2.45, 2.75) is 65.9 Å². The molecule has 0 aromatic heterocycles. The minimum Gasteiger partial charge on any atom is -0.489 e. The van der Waals surface area contributed by atoms with E-state index in [1.54, 1.807) is 59.7 Å². The van der Waals surface area contributed by atoms with Gasteiger partial charge in [0.25, 0.3) is 0 Å². The molecule has 0 unspecified atom stereocenters. The van der Waals surface area contributed by atoms with Gasteiger partial charge in [-0.1, -0.05) is 47.5 Å². The van der Waals surface area contributed by atoms with E-state index < -0.39 is 23.4 Å². The lowest BCUT2D eigenvalue weighted by molar-refractivity contribution is 0.0560. The first-order chi connectivity index (χ1) is 16.2. The van der Waals surface area contributed by atoms with Gasteiger partial charge < -0.3 is 19.5 Å². The molecule has 2 aromatic rings. The molecule has 2 amide bonds. The Morgan fingerprint density at radius 2 is 1.54 bits per heavy atom. The van der Waals surface area contributed by atoms with Crippen LogP contribution in [0.4, 0.5) is 9.59 Å². The molecule has 0 fully saturated rings. The third-order valence-corrected chi connectivity index (χ3v) is 4.88. The molecule has 0 bridgehead atoms. The summed E-state index contributed by atoms with van der Waals surface area (Å²) < 4.78 is 16.2. The Kier molecular flexibility index (Phi) is 9.80. The quantitative estimate of drug-likeness (QED) is 0.343. The molecule has 0 spiro atoms. The number of rotatable bonds is 5. The molecule has 2 N–H and O–H groups in total. The van der Waals surface area contributed by atoms with Crippen molar-refractivity contribution in [1.82, 2.24) is 10.6 Å². The minimum atomic E-state index is -0.848. The summed E-state index contributed by atoms with van der Waals surface area (Å²) in [6.07, 6.45) is -1.60. The summed E-state index contributed by atoms with van der Waals surface area (Å²) in [5, 5.41) is 6.31. The number of carbonyl (C=O) groups is 2. The number of carbonyl (C=O) groups excluding carboxylic acids is 2. The third-order valence-electron chi connectivity index (χ3n) is 4.03. The zero-order valence-corrected chi connectivity index (χ0v) is 22.2. The van der Waals surface area contributed by atoms with E-state index in [0.717, 1.165) is 11.1 Å². The largest absolute Gasteiger partial charge is 0.489 e. The molecule has 0 saturated carbocycles. The Balaban J connectivity index is 2.02. The van der Waals surface area contributed by atoms with Gasteiger partial charge in [-0.3, -0.25) is 5.32 Å². The Bertz CT molecular complexity index is 1060. The number of nitrogens with one attached hydrogen (secondary N) is 2. The van der Waals surface area contributed by atoms with Gasteiger partial charge in [0.1, 0.15) is 23.6 Å². The lowest BCUT2D eigenvalue weighted by Crippen LogP contribution is -2.44. The predicted octanol–water partition coefficient (Wildman–Crippen LogP) is 6.48. The molecule has 0 aliphatic carbocycles. The van der Waals surface area contributed by atoms with Crippen molar-refractivity contribution in [3.8, 4) is 5.75 Å². The number of ether oxygens (including phenoxy) is 3. The van der Waals surface area contributed by atoms with Crippen molar-refractivity contribution in [3.05, 3.63) is 63.6 Å². The van der Waals surface area contributed by atoms with Crippen molar-refractivity contribution < 1.29 is 23.8 Å². The van der Waals surface area contributed by atoms with Crippen LogP contribution in [0, 0.1) is 0 Å². The smallest absolute Gasteiger partial charge is 0.437 e. The first kappa shape index (κ1) is 28.3. The summed E-state index contributed by atoms with van der Waals surface area (Å²) in [6.45, 7) is 10.9. The number of guanidine groups is 1. The second-order valence-corrected chi connectivity index (χ2v) is 10.4. The van der Waals surface area contributed by atoms with Crippen molar-refractivity contribution in [3.63, 3.8) is 0 Å². The Morgan fingerprint density at radius 1 is 0.914 bits per heavy atom. The number of amides is 2. The van der Waals surface area contributed by atoms with E-state index in [2.05, 4.69) is 15.6 Å². The lowest BCUT2D eigenvalue weighted by Gasteiger charge is -2.21. The zero-order valence-electron chi connectivity index (χ0n) is 20.7. The second kappa shape index (κ2) is 12.1. The van der Waals surface area contributed by atoms with Gasteiger partial charge in [0, 0.05) is 12.1 Å². The van der Waals surface area contributed by atoms with Crippen LogP contribution in [0.15, 0.2) is 47.5 Å². The molecule has 0 aliphatic heterocycles. The summed E-state index contributed by atoms with van der Waals surface area (Å²) in [5.74, 6) is 0.545. The van der Waals surface area contributed by atoms with Crippen LogP contribution in [0.1, 0.15) is 52.7 Å². The van der Waals surface area contributed by atoms with Crippen molar-refractivity contribution in [1.29, 1.82) is 0 Å². The fourth-order valence-electron chi connectivity index (χ4n) is 2.60. The van der Waals surface area contributed by atoms with Gasteiger partial charge in [0.2, 0.25) is 5.96 Å². The van der Waals surface area contributed by atoms with Gasteiger partial charge in [0.15, 0.2) is 0 Å². The topological polar surface area (TPSA) is 98.3 Å². The Morgan fingerprint density at radius 3 is 2.14 bits per heavy atom. The van der Waals surface area contributed by atoms with E-state index in [-0.39, 0.29) is 19.1 Å². The summed E-state index contributed by atoms with van der Waals surface area (Å²) in [6, 6.07) is 12.6. The number of nitrogens with zero attached hydrogens (tertiary/aromatic N) is 1. The lowest BCUT2D eigenvalue weighted by atomic mass is 10.2. The Labute approximate surface area is 215 Å². The number of hydrogen-bond donors (Lipinski definition) is 2. The van der Waals surface area contributed by atoms with E-state index >= 15 is 0 Å². The first-order valence-corrected chi connectivity index (χ1v) is 11.7. The second-order valence-electron chi connectivity index (χ2n) is 9.57. The molecule has 2 aromatic carbocycles. The minimum absolute atomic E-state index is 0.0931. The van der Waals surface area contributed by atoms with E-state index in [1.807, 2.05) is 24.3 Å². The molecule has 0 atom stereocenters. The van der Waals surface area contributed by atoms with E-state index in [1.165, 1.54) is 0 Å². The van der Waals surface area contributed by atoms with E-state index in [9.17, 15) is 9.59 Å². The van der Waals surface area contributed by atoms with Gasteiger partial charge in [-0.15, -0.1) is 4.99 Å². The fraction of sp³-hybridized carbons (Fsp3) is 0.400. The molecular formula is C25H31Cl2N3O5. The monoisotopic (exact) mass is 523 g/mol. The molecule has 0 aliphatic rings. The molecule has 35 heavy (non-hydrogen) atoms. The van der Waals surface area contributed by atoms with Crippen LogP contribution in [0.2, 0.25) is 10.0 Å². The van der Waals surface area contributed by atoms with E-state index in [0.29, 0.717) is 15.8 Å². The molecule has 0 radical (unpaired) electrons. The Hall–Kier alpha value is -2.97. The molecule has 8 nitrogen and oxygen atoms in total. The van der Waals surface area contributed by atoms with Gasteiger partial charge in [0.05, 0.1) is 10.0 Å². The predicted molar refractivity (Wildman–Crippen MR) is 137 cm³/mol. The average Bonchev–Trinajstić information content (AvgIpc) is 2.71. The van der Waals surface area contributed by atoms with Gasteiger partial charge in [-0.2, -0.15) is 0 Å². The summed E-state index contributed by atoms with van der Waals surface area (Å²) in [4.78, 5) is 28.2. The van der Waals surface area contributed by atoms with Crippen LogP contribution in [-0.4, -0.2) is 29.3 Å². The van der Waals surface area contributed by atoms with Crippen molar-refractivity contribution in [2.24, 2.45) is 4.99 Å². The number of hydrogen-bond acceptors (Lipinski definition) is 5. The maximum absolute atomic E-state index is 12.2. The molecule has 0 heterocycles. The van der Waals surface area contributed by atoms with Gasteiger partial charge in [-0.25, -0.2) is 9.59 Å². The number of alkyl carbamates (subject to hydrolysis) is 1. The molecule has 190 valence electrons. The highest BCUT2D eigenvalue weighted by Crippen LogP contribution is 2.26. The normalized spacial score (nSPS) is 12.1. The maximum Gasteiger partial charge on any atom is 0.437 e. The number of aliphatic imine (C=N–C) groups is 1. The summed E-state index contributed by atoms with van der Waals surface area (Å²) >= 11 is 12.2. The first-order valence-electron chi connectivity index (χ1n) is 10.9.